The van der Waals surface area contributed by atoms with Crippen LogP contribution in [0.5, 0.6) is 0 Å². The van der Waals surface area contributed by atoms with Crippen molar-refractivity contribution in [3.63, 3.8) is 0 Å². The van der Waals surface area contributed by atoms with Crippen LogP contribution in [0.4, 0.5) is 11.6 Å². The number of piperidine rings is 1. The van der Waals surface area contributed by atoms with Gasteiger partial charge in [0.2, 0.25) is 0 Å². The van der Waals surface area contributed by atoms with Gasteiger partial charge in [-0.1, -0.05) is 13.8 Å². The second-order valence-corrected chi connectivity index (χ2v) is 4.49. The Bertz CT molecular complexity index is 339. The molecular weight excluding hydrogens is 188 g/mol. The molecule has 0 aliphatic carbocycles. The average Bonchev–Trinajstić information content (AvgIpc) is 2.22. The maximum Gasteiger partial charge on any atom is 0.149 e. The summed E-state index contributed by atoms with van der Waals surface area (Å²) in [4.78, 5) is 10.6. The number of aromatic nitrogens is 2. The predicted octanol–water partition coefficient (Wildman–Crippen LogP) is 1.54. The molecule has 1 aromatic rings. The van der Waals surface area contributed by atoms with E-state index in [9.17, 15) is 0 Å². The first kappa shape index (κ1) is 10.2. The van der Waals surface area contributed by atoms with Gasteiger partial charge in [0.15, 0.2) is 0 Å². The third kappa shape index (κ3) is 2.19. The maximum absolute atomic E-state index is 5.63. The Morgan fingerprint density at radius 2 is 2.13 bits per heavy atom. The summed E-state index contributed by atoms with van der Waals surface area (Å²) >= 11 is 0. The fraction of sp³-hybridized carbons (Fsp3) is 0.636. The SMILES string of the molecule is CC1CCN(c2cncc(N)n2)CC1C. The smallest absolute Gasteiger partial charge is 0.149 e. The van der Waals surface area contributed by atoms with E-state index in [-0.39, 0.29) is 0 Å². The average molecular weight is 206 g/mol. The Morgan fingerprint density at radius 3 is 2.80 bits per heavy atom. The molecule has 0 saturated carbocycles. The van der Waals surface area contributed by atoms with Crippen molar-refractivity contribution in [2.24, 2.45) is 11.8 Å². The molecule has 4 heteroatoms. The van der Waals surface area contributed by atoms with Crippen LogP contribution in [0.25, 0.3) is 0 Å². The van der Waals surface area contributed by atoms with Gasteiger partial charge in [-0.2, -0.15) is 0 Å². The van der Waals surface area contributed by atoms with E-state index in [2.05, 4.69) is 28.7 Å². The Morgan fingerprint density at radius 1 is 1.33 bits per heavy atom. The van der Waals surface area contributed by atoms with Gasteiger partial charge in [0, 0.05) is 13.1 Å². The van der Waals surface area contributed by atoms with Crippen molar-refractivity contribution < 1.29 is 0 Å². The zero-order valence-corrected chi connectivity index (χ0v) is 9.35. The Balaban J connectivity index is 2.12. The minimum Gasteiger partial charge on any atom is -0.382 e. The number of anilines is 2. The van der Waals surface area contributed by atoms with E-state index in [1.54, 1.807) is 12.4 Å². The van der Waals surface area contributed by atoms with Gasteiger partial charge >= 0.3 is 0 Å². The Kier molecular flexibility index (Phi) is 2.75. The highest BCUT2D eigenvalue weighted by Gasteiger charge is 2.23. The van der Waals surface area contributed by atoms with E-state index in [0.717, 1.165) is 24.8 Å². The number of nitrogens with zero attached hydrogens (tertiary/aromatic N) is 3. The summed E-state index contributed by atoms with van der Waals surface area (Å²) < 4.78 is 0. The van der Waals surface area contributed by atoms with Crippen molar-refractivity contribution >= 4 is 11.6 Å². The van der Waals surface area contributed by atoms with Crippen LogP contribution in [0, 0.1) is 11.8 Å². The van der Waals surface area contributed by atoms with Gasteiger partial charge in [0.25, 0.3) is 0 Å². The number of nitrogens with two attached hydrogens (primary N) is 1. The third-order valence-electron chi connectivity index (χ3n) is 3.30. The Labute approximate surface area is 90.5 Å². The molecule has 0 spiro atoms. The molecule has 15 heavy (non-hydrogen) atoms. The van der Waals surface area contributed by atoms with E-state index >= 15 is 0 Å². The molecule has 2 N–H and O–H groups in total. The van der Waals surface area contributed by atoms with Crippen molar-refractivity contribution in [2.45, 2.75) is 20.3 Å². The van der Waals surface area contributed by atoms with Crippen LogP contribution in [-0.2, 0) is 0 Å². The van der Waals surface area contributed by atoms with E-state index in [1.807, 2.05) is 0 Å². The summed E-state index contributed by atoms with van der Waals surface area (Å²) in [7, 11) is 0. The van der Waals surface area contributed by atoms with Gasteiger partial charge in [-0.25, -0.2) is 4.98 Å². The second-order valence-electron chi connectivity index (χ2n) is 4.49. The highest BCUT2D eigenvalue weighted by atomic mass is 15.2. The molecule has 2 unspecified atom stereocenters. The van der Waals surface area contributed by atoms with E-state index in [4.69, 9.17) is 5.73 Å². The summed E-state index contributed by atoms with van der Waals surface area (Å²) in [6.07, 6.45) is 4.59. The lowest BCUT2D eigenvalue weighted by Crippen LogP contribution is -2.38. The van der Waals surface area contributed by atoms with E-state index in [1.165, 1.54) is 6.42 Å². The molecule has 0 bridgehead atoms. The van der Waals surface area contributed by atoms with Crippen LogP contribution in [0.15, 0.2) is 12.4 Å². The van der Waals surface area contributed by atoms with Crippen LogP contribution in [-0.4, -0.2) is 23.1 Å². The lowest BCUT2D eigenvalue weighted by atomic mass is 9.89. The molecule has 4 nitrogen and oxygen atoms in total. The monoisotopic (exact) mass is 206 g/mol. The number of hydrogen-bond donors (Lipinski definition) is 1. The normalized spacial score (nSPS) is 26.7. The highest BCUT2D eigenvalue weighted by molar-refractivity contribution is 5.41. The molecule has 82 valence electrons. The van der Waals surface area contributed by atoms with Crippen molar-refractivity contribution in [1.82, 2.24) is 9.97 Å². The van der Waals surface area contributed by atoms with E-state index < -0.39 is 0 Å². The fourth-order valence-electron chi connectivity index (χ4n) is 1.99. The first-order valence-electron chi connectivity index (χ1n) is 5.49. The largest absolute Gasteiger partial charge is 0.382 e. The molecule has 2 rings (SSSR count). The van der Waals surface area contributed by atoms with Crippen molar-refractivity contribution in [3.05, 3.63) is 12.4 Å². The lowest BCUT2D eigenvalue weighted by Gasteiger charge is -2.35. The van der Waals surface area contributed by atoms with Crippen molar-refractivity contribution in [1.29, 1.82) is 0 Å². The molecule has 0 aromatic carbocycles. The molecule has 0 radical (unpaired) electrons. The van der Waals surface area contributed by atoms with Gasteiger partial charge < -0.3 is 10.6 Å². The number of rotatable bonds is 1. The quantitative estimate of drug-likeness (QED) is 0.757. The van der Waals surface area contributed by atoms with Crippen LogP contribution in [0.2, 0.25) is 0 Å². The van der Waals surface area contributed by atoms with E-state index in [0.29, 0.717) is 11.7 Å². The van der Waals surface area contributed by atoms with Crippen LogP contribution in [0.3, 0.4) is 0 Å². The minimum absolute atomic E-state index is 0.499. The molecule has 1 aromatic heterocycles. The van der Waals surface area contributed by atoms with Crippen molar-refractivity contribution in [3.8, 4) is 0 Å². The molecular formula is C11H18N4. The zero-order valence-electron chi connectivity index (χ0n) is 9.35. The zero-order chi connectivity index (χ0) is 10.8. The molecule has 0 amide bonds. The second kappa shape index (κ2) is 4.04. The highest BCUT2D eigenvalue weighted by Crippen LogP contribution is 2.25. The lowest BCUT2D eigenvalue weighted by molar-refractivity contribution is 0.322. The van der Waals surface area contributed by atoms with Crippen molar-refractivity contribution in [2.75, 3.05) is 23.7 Å². The molecule has 2 atom stereocenters. The number of nitrogen functional groups attached to an aromatic ring is 1. The topological polar surface area (TPSA) is 55.0 Å². The maximum atomic E-state index is 5.63. The Hall–Kier alpha value is -1.32. The molecule has 1 aliphatic heterocycles. The van der Waals surface area contributed by atoms with Crippen LogP contribution < -0.4 is 10.6 Å². The first-order valence-corrected chi connectivity index (χ1v) is 5.49. The molecule has 2 heterocycles. The van der Waals surface area contributed by atoms with Gasteiger partial charge in [-0.3, -0.25) is 4.98 Å². The minimum atomic E-state index is 0.499. The fourth-order valence-corrected chi connectivity index (χ4v) is 1.99. The molecule has 1 fully saturated rings. The van der Waals surface area contributed by atoms with Gasteiger partial charge in [0.1, 0.15) is 11.6 Å². The first-order chi connectivity index (χ1) is 7.16. The van der Waals surface area contributed by atoms with Gasteiger partial charge in [0.05, 0.1) is 12.4 Å². The summed E-state index contributed by atoms with van der Waals surface area (Å²) in [5, 5.41) is 0. The van der Waals surface area contributed by atoms with Gasteiger partial charge in [-0.15, -0.1) is 0 Å². The summed E-state index contributed by atoms with van der Waals surface area (Å²) in [5.41, 5.74) is 5.63. The summed E-state index contributed by atoms with van der Waals surface area (Å²) in [6.45, 7) is 6.71. The summed E-state index contributed by atoms with van der Waals surface area (Å²) in [6, 6.07) is 0. The van der Waals surface area contributed by atoms with Crippen LogP contribution >= 0.6 is 0 Å². The molecule has 1 aliphatic rings. The van der Waals surface area contributed by atoms with Gasteiger partial charge in [-0.05, 0) is 18.3 Å². The predicted molar refractivity (Wildman–Crippen MR) is 61.6 cm³/mol. The summed E-state index contributed by atoms with van der Waals surface area (Å²) in [5.74, 6) is 2.92. The molecule has 1 saturated heterocycles. The van der Waals surface area contributed by atoms with Crippen LogP contribution in [0.1, 0.15) is 20.3 Å². The third-order valence-corrected chi connectivity index (χ3v) is 3.30. The number of hydrogen-bond acceptors (Lipinski definition) is 4. The standard InChI is InChI=1S/C11H18N4/c1-8-3-4-15(7-9(8)2)11-6-13-5-10(12)14-11/h5-6,8-9H,3-4,7H2,1-2H3,(H2,12,14).